The molecule has 0 aliphatic rings. The van der Waals surface area contributed by atoms with Crippen molar-refractivity contribution in [2.45, 2.75) is 17.3 Å². The zero-order valence-corrected chi connectivity index (χ0v) is 7.47. The first-order chi connectivity index (χ1) is 5.90. The SMILES string of the molecule is Cc1cccc(F)c1SC(F)(F)F. The van der Waals surface area contributed by atoms with Gasteiger partial charge in [-0.15, -0.1) is 0 Å². The van der Waals surface area contributed by atoms with E-state index in [1.165, 1.54) is 19.1 Å². The molecule has 0 aliphatic carbocycles. The fraction of sp³-hybridized carbons (Fsp3) is 0.250. The Labute approximate surface area is 76.9 Å². The van der Waals surface area contributed by atoms with Crippen LogP contribution in [0.1, 0.15) is 5.56 Å². The fourth-order valence-corrected chi connectivity index (χ4v) is 1.49. The van der Waals surface area contributed by atoms with Crippen LogP contribution in [-0.4, -0.2) is 5.51 Å². The average Bonchev–Trinajstić information content (AvgIpc) is 1.95. The van der Waals surface area contributed by atoms with Gasteiger partial charge in [-0.25, -0.2) is 4.39 Å². The van der Waals surface area contributed by atoms with E-state index in [0.29, 0.717) is 5.56 Å². The maximum absolute atomic E-state index is 12.9. The maximum Gasteiger partial charge on any atom is 0.446 e. The van der Waals surface area contributed by atoms with E-state index in [-0.39, 0.29) is 4.90 Å². The minimum Gasteiger partial charge on any atom is -0.206 e. The summed E-state index contributed by atoms with van der Waals surface area (Å²) in [6, 6.07) is 3.84. The van der Waals surface area contributed by atoms with Gasteiger partial charge in [-0.3, -0.25) is 0 Å². The molecule has 0 saturated heterocycles. The number of rotatable bonds is 1. The maximum atomic E-state index is 12.9. The highest BCUT2D eigenvalue weighted by atomic mass is 32.2. The molecule has 5 heteroatoms. The van der Waals surface area contributed by atoms with E-state index in [1.807, 2.05) is 0 Å². The Morgan fingerprint density at radius 3 is 2.31 bits per heavy atom. The topological polar surface area (TPSA) is 0 Å². The van der Waals surface area contributed by atoms with Crippen molar-refractivity contribution in [3.63, 3.8) is 0 Å². The molecule has 0 fully saturated rings. The normalized spacial score (nSPS) is 11.8. The molecule has 0 radical (unpaired) electrons. The van der Waals surface area contributed by atoms with E-state index >= 15 is 0 Å². The molecule has 13 heavy (non-hydrogen) atoms. The Balaban J connectivity index is 3.00. The van der Waals surface area contributed by atoms with Crippen LogP contribution in [0.4, 0.5) is 17.6 Å². The van der Waals surface area contributed by atoms with Gasteiger partial charge in [0.25, 0.3) is 0 Å². The highest BCUT2D eigenvalue weighted by molar-refractivity contribution is 8.00. The number of hydrogen-bond donors (Lipinski definition) is 0. The van der Waals surface area contributed by atoms with Crippen LogP contribution in [0.2, 0.25) is 0 Å². The summed E-state index contributed by atoms with van der Waals surface area (Å²) in [6.07, 6.45) is 0. The van der Waals surface area contributed by atoms with Crippen LogP contribution in [0.5, 0.6) is 0 Å². The Morgan fingerprint density at radius 2 is 1.85 bits per heavy atom. The van der Waals surface area contributed by atoms with Crippen LogP contribution in [-0.2, 0) is 0 Å². The zero-order valence-electron chi connectivity index (χ0n) is 6.65. The molecule has 72 valence electrons. The predicted octanol–water partition coefficient (Wildman–Crippen LogP) is 3.75. The minimum atomic E-state index is -4.44. The highest BCUT2D eigenvalue weighted by Gasteiger charge is 2.31. The largest absolute Gasteiger partial charge is 0.446 e. The van der Waals surface area contributed by atoms with Gasteiger partial charge in [-0.05, 0) is 30.3 Å². The van der Waals surface area contributed by atoms with E-state index in [2.05, 4.69) is 0 Å². The minimum absolute atomic E-state index is 0.294. The third kappa shape index (κ3) is 2.91. The molecule has 0 unspecified atom stereocenters. The third-order valence-electron chi connectivity index (χ3n) is 1.38. The molecular weight excluding hydrogens is 204 g/mol. The van der Waals surface area contributed by atoms with Gasteiger partial charge in [0.1, 0.15) is 5.82 Å². The summed E-state index contributed by atoms with van der Waals surface area (Å²) in [7, 11) is 0. The summed E-state index contributed by atoms with van der Waals surface area (Å²) in [6.45, 7) is 1.44. The Kier molecular flexibility index (Phi) is 2.85. The van der Waals surface area contributed by atoms with Crippen molar-refractivity contribution >= 4 is 11.8 Å². The van der Waals surface area contributed by atoms with Crippen LogP contribution in [0, 0.1) is 12.7 Å². The number of halogens is 4. The molecule has 0 nitrogen and oxygen atoms in total. The first-order valence-electron chi connectivity index (χ1n) is 3.41. The van der Waals surface area contributed by atoms with Crippen LogP contribution < -0.4 is 0 Å². The molecule has 0 saturated carbocycles. The second kappa shape index (κ2) is 3.57. The second-order valence-corrected chi connectivity index (χ2v) is 3.51. The number of thioether (sulfide) groups is 1. The summed E-state index contributed by atoms with van der Waals surface area (Å²) >= 11 is -0.421. The number of hydrogen-bond acceptors (Lipinski definition) is 1. The molecule has 1 rings (SSSR count). The van der Waals surface area contributed by atoms with Crippen molar-refractivity contribution in [3.8, 4) is 0 Å². The summed E-state index contributed by atoms with van der Waals surface area (Å²) in [5, 5.41) is 0. The molecule has 1 aromatic rings. The van der Waals surface area contributed by atoms with Crippen LogP contribution in [0.3, 0.4) is 0 Å². The summed E-state index contributed by atoms with van der Waals surface area (Å²) in [5.41, 5.74) is -4.14. The zero-order chi connectivity index (χ0) is 10.1. The van der Waals surface area contributed by atoms with Crippen molar-refractivity contribution in [1.82, 2.24) is 0 Å². The molecule has 0 bridgehead atoms. The van der Waals surface area contributed by atoms with Gasteiger partial charge in [-0.1, -0.05) is 12.1 Å². The summed E-state index contributed by atoms with van der Waals surface area (Å²) < 4.78 is 48.6. The van der Waals surface area contributed by atoms with Gasteiger partial charge >= 0.3 is 5.51 Å². The lowest BCUT2D eigenvalue weighted by Gasteiger charge is -2.08. The first kappa shape index (κ1) is 10.4. The van der Waals surface area contributed by atoms with Crippen molar-refractivity contribution < 1.29 is 17.6 Å². The van der Waals surface area contributed by atoms with Gasteiger partial charge in [0.05, 0.1) is 4.90 Å². The van der Waals surface area contributed by atoms with E-state index in [0.717, 1.165) is 6.07 Å². The average molecular weight is 210 g/mol. The van der Waals surface area contributed by atoms with E-state index < -0.39 is 23.1 Å². The van der Waals surface area contributed by atoms with Gasteiger partial charge in [0.15, 0.2) is 0 Å². The van der Waals surface area contributed by atoms with E-state index in [4.69, 9.17) is 0 Å². The second-order valence-electron chi connectivity index (χ2n) is 2.43. The molecule has 0 aromatic heterocycles. The van der Waals surface area contributed by atoms with Crippen molar-refractivity contribution in [3.05, 3.63) is 29.6 Å². The quantitative estimate of drug-likeness (QED) is 0.502. The van der Waals surface area contributed by atoms with Crippen LogP contribution in [0.15, 0.2) is 23.1 Å². The standard InChI is InChI=1S/C8H6F4S/c1-5-3-2-4-6(9)7(5)13-8(10,11)12/h2-4H,1H3. The van der Waals surface area contributed by atoms with Crippen molar-refractivity contribution in [2.75, 3.05) is 0 Å². The van der Waals surface area contributed by atoms with Gasteiger partial charge in [0, 0.05) is 0 Å². The molecular formula is C8H6F4S. The Bertz CT molecular complexity index is 285. The number of aryl methyl sites for hydroxylation is 1. The third-order valence-corrected chi connectivity index (χ3v) is 2.33. The molecule has 0 aliphatic heterocycles. The van der Waals surface area contributed by atoms with Crippen LogP contribution >= 0.6 is 11.8 Å². The molecule has 0 heterocycles. The van der Waals surface area contributed by atoms with Crippen LogP contribution in [0.25, 0.3) is 0 Å². The number of benzene rings is 1. The van der Waals surface area contributed by atoms with E-state index in [9.17, 15) is 17.6 Å². The summed E-state index contributed by atoms with van der Waals surface area (Å²) in [4.78, 5) is -0.352. The lowest BCUT2D eigenvalue weighted by Crippen LogP contribution is -2.01. The Morgan fingerprint density at radius 1 is 1.23 bits per heavy atom. The highest BCUT2D eigenvalue weighted by Crippen LogP contribution is 2.39. The smallest absolute Gasteiger partial charge is 0.206 e. The van der Waals surface area contributed by atoms with Gasteiger partial charge in [0.2, 0.25) is 0 Å². The van der Waals surface area contributed by atoms with Crippen molar-refractivity contribution in [1.29, 1.82) is 0 Å². The Hall–Kier alpha value is -0.710. The lowest BCUT2D eigenvalue weighted by molar-refractivity contribution is -0.0329. The monoisotopic (exact) mass is 210 g/mol. The molecule has 0 atom stereocenters. The van der Waals surface area contributed by atoms with Gasteiger partial charge in [-0.2, -0.15) is 13.2 Å². The molecule has 0 amide bonds. The summed E-state index contributed by atoms with van der Waals surface area (Å²) in [5.74, 6) is -0.831. The predicted molar refractivity (Wildman–Crippen MR) is 43.0 cm³/mol. The molecule has 1 aromatic carbocycles. The number of alkyl halides is 3. The van der Waals surface area contributed by atoms with Gasteiger partial charge < -0.3 is 0 Å². The first-order valence-corrected chi connectivity index (χ1v) is 4.22. The molecule has 0 spiro atoms. The fourth-order valence-electron chi connectivity index (χ4n) is 0.862. The molecule has 0 N–H and O–H groups in total. The van der Waals surface area contributed by atoms with Crippen molar-refractivity contribution in [2.24, 2.45) is 0 Å². The lowest BCUT2D eigenvalue weighted by atomic mass is 10.2. The van der Waals surface area contributed by atoms with E-state index in [1.54, 1.807) is 0 Å².